The van der Waals surface area contributed by atoms with Crippen molar-refractivity contribution in [2.75, 3.05) is 5.73 Å². The fourth-order valence-corrected chi connectivity index (χ4v) is 2.81. The topological polar surface area (TPSA) is 49.8 Å². The zero-order valence-corrected chi connectivity index (χ0v) is 11.1. The maximum absolute atomic E-state index is 9.01. The third-order valence-electron chi connectivity index (χ3n) is 2.48. The van der Waals surface area contributed by atoms with Crippen LogP contribution in [0.5, 0.6) is 0 Å². The van der Waals surface area contributed by atoms with Gasteiger partial charge in [-0.2, -0.15) is 5.26 Å². The van der Waals surface area contributed by atoms with Gasteiger partial charge in [0.2, 0.25) is 0 Å². The minimum Gasteiger partial charge on any atom is -0.399 e. The molecule has 0 saturated heterocycles. The van der Waals surface area contributed by atoms with Gasteiger partial charge in [-0.15, -0.1) is 11.8 Å². The maximum Gasteiger partial charge on any atom is 0.0994 e. The highest BCUT2D eigenvalue weighted by Gasteiger charge is 2.05. The Morgan fingerprint density at radius 2 is 2.00 bits per heavy atom. The van der Waals surface area contributed by atoms with Crippen LogP contribution in [0.4, 0.5) is 5.69 Å². The first-order valence-electron chi connectivity index (χ1n) is 5.36. The second kappa shape index (κ2) is 5.81. The summed E-state index contributed by atoms with van der Waals surface area (Å²) in [4.78, 5) is 0.935. The fourth-order valence-electron chi connectivity index (χ4n) is 1.54. The molecule has 0 unspecified atom stereocenters. The molecule has 0 aliphatic rings. The monoisotopic (exact) mass is 274 g/mol. The van der Waals surface area contributed by atoms with Gasteiger partial charge in [0.15, 0.2) is 0 Å². The average Bonchev–Trinajstić information content (AvgIpc) is 2.40. The molecule has 90 valence electrons. The number of nitrogen functional groups attached to an aromatic ring is 1. The van der Waals surface area contributed by atoms with Crippen LogP contribution in [0.15, 0.2) is 47.4 Å². The number of hydrogen-bond acceptors (Lipinski definition) is 3. The van der Waals surface area contributed by atoms with Crippen LogP contribution < -0.4 is 5.73 Å². The molecule has 0 spiro atoms. The summed E-state index contributed by atoms with van der Waals surface area (Å²) >= 11 is 7.68. The Hall–Kier alpha value is -1.63. The van der Waals surface area contributed by atoms with E-state index in [1.807, 2.05) is 30.3 Å². The average molecular weight is 275 g/mol. The van der Waals surface area contributed by atoms with E-state index in [0.717, 1.165) is 10.5 Å². The number of benzene rings is 2. The van der Waals surface area contributed by atoms with E-state index in [2.05, 4.69) is 6.07 Å². The van der Waals surface area contributed by atoms with Crippen molar-refractivity contribution in [2.24, 2.45) is 0 Å². The summed E-state index contributed by atoms with van der Waals surface area (Å²) < 4.78 is 0. The third-order valence-corrected chi connectivity index (χ3v) is 4.02. The molecule has 2 N–H and O–H groups in total. The molecule has 0 aliphatic heterocycles. The second-order valence-corrected chi connectivity index (χ2v) is 5.17. The number of nitrogens with zero attached hydrogens (tertiary/aromatic N) is 1. The minimum absolute atomic E-state index is 0.684. The van der Waals surface area contributed by atoms with Crippen LogP contribution >= 0.6 is 23.4 Å². The van der Waals surface area contributed by atoms with Crippen molar-refractivity contribution in [1.29, 1.82) is 5.26 Å². The van der Waals surface area contributed by atoms with Gasteiger partial charge in [-0.25, -0.2) is 0 Å². The van der Waals surface area contributed by atoms with Crippen LogP contribution in [-0.4, -0.2) is 0 Å². The first-order chi connectivity index (χ1) is 8.70. The van der Waals surface area contributed by atoms with Gasteiger partial charge in [-0.1, -0.05) is 29.8 Å². The summed E-state index contributed by atoms with van der Waals surface area (Å²) in [6, 6.07) is 15.2. The Labute approximate surface area is 115 Å². The normalized spacial score (nSPS) is 10.0. The van der Waals surface area contributed by atoms with E-state index >= 15 is 0 Å². The van der Waals surface area contributed by atoms with E-state index in [-0.39, 0.29) is 0 Å². The number of rotatable bonds is 3. The zero-order chi connectivity index (χ0) is 13.0. The van der Waals surface area contributed by atoms with E-state index in [1.165, 1.54) is 0 Å². The van der Waals surface area contributed by atoms with Gasteiger partial charge in [0.25, 0.3) is 0 Å². The van der Waals surface area contributed by atoms with Crippen molar-refractivity contribution in [3.05, 3.63) is 58.6 Å². The maximum atomic E-state index is 9.01. The summed E-state index contributed by atoms with van der Waals surface area (Å²) in [5, 5.41) is 9.69. The lowest BCUT2D eigenvalue weighted by Crippen LogP contribution is -1.88. The highest BCUT2D eigenvalue weighted by molar-refractivity contribution is 7.98. The molecule has 0 fully saturated rings. The van der Waals surface area contributed by atoms with Crippen LogP contribution in [0, 0.1) is 11.3 Å². The Bertz CT molecular complexity index is 605. The highest BCUT2D eigenvalue weighted by atomic mass is 35.5. The molecule has 2 aromatic carbocycles. The fraction of sp³-hybridized carbons (Fsp3) is 0.0714. The SMILES string of the molecule is N#Cc1ccccc1CSc1cc(N)ccc1Cl. The molecule has 0 radical (unpaired) electrons. The van der Waals surface area contributed by atoms with Gasteiger partial charge >= 0.3 is 0 Å². The summed E-state index contributed by atoms with van der Waals surface area (Å²) in [7, 11) is 0. The lowest BCUT2D eigenvalue weighted by molar-refractivity contribution is 1.34. The van der Waals surface area contributed by atoms with Gasteiger partial charge < -0.3 is 5.73 Å². The molecule has 2 aromatic rings. The van der Waals surface area contributed by atoms with Crippen molar-refractivity contribution < 1.29 is 0 Å². The van der Waals surface area contributed by atoms with Crippen molar-refractivity contribution in [3.8, 4) is 6.07 Å². The molecular formula is C14H11ClN2S. The van der Waals surface area contributed by atoms with Crippen LogP contribution in [0.1, 0.15) is 11.1 Å². The largest absolute Gasteiger partial charge is 0.399 e. The Morgan fingerprint density at radius 1 is 1.22 bits per heavy atom. The number of nitrogens with two attached hydrogens (primary N) is 1. The first kappa shape index (κ1) is 12.8. The van der Waals surface area contributed by atoms with Crippen molar-refractivity contribution in [1.82, 2.24) is 0 Å². The number of hydrogen-bond donors (Lipinski definition) is 1. The molecule has 4 heteroatoms. The summed E-state index contributed by atoms with van der Waals surface area (Å²) in [6.07, 6.45) is 0. The Balaban J connectivity index is 2.17. The smallest absolute Gasteiger partial charge is 0.0994 e. The summed E-state index contributed by atoms with van der Waals surface area (Å²) in [5.41, 5.74) is 8.12. The lowest BCUT2D eigenvalue weighted by atomic mass is 10.1. The number of nitriles is 1. The third kappa shape index (κ3) is 2.98. The molecule has 0 saturated carbocycles. The van der Waals surface area contributed by atoms with E-state index in [4.69, 9.17) is 22.6 Å². The zero-order valence-electron chi connectivity index (χ0n) is 9.56. The molecule has 0 heterocycles. The van der Waals surface area contributed by atoms with E-state index < -0.39 is 0 Å². The van der Waals surface area contributed by atoms with Crippen molar-refractivity contribution >= 4 is 29.1 Å². The number of halogens is 1. The van der Waals surface area contributed by atoms with E-state index in [0.29, 0.717) is 22.0 Å². The van der Waals surface area contributed by atoms with Gasteiger partial charge in [0, 0.05) is 16.3 Å². The van der Waals surface area contributed by atoms with Crippen molar-refractivity contribution in [2.45, 2.75) is 10.6 Å². The Kier molecular flexibility index (Phi) is 4.14. The first-order valence-corrected chi connectivity index (χ1v) is 6.73. The van der Waals surface area contributed by atoms with Gasteiger partial charge in [-0.05, 0) is 29.8 Å². The second-order valence-electron chi connectivity index (χ2n) is 3.75. The molecule has 0 amide bonds. The predicted molar refractivity (Wildman–Crippen MR) is 76.6 cm³/mol. The lowest BCUT2D eigenvalue weighted by Gasteiger charge is -2.06. The molecule has 0 aromatic heterocycles. The predicted octanol–water partition coefficient (Wildman–Crippen LogP) is 4.09. The highest BCUT2D eigenvalue weighted by Crippen LogP contribution is 2.31. The number of thioether (sulfide) groups is 1. The summed E-state index contributed by atoms with van der Waals surface area (Å²) in [6.45, 7) is 0. The Morgan fingerprint density at radius 3 is 2.78 bits per heavy atom. The van der Waals surface area contributed by atoms with Crippen LogP contribution in [-0.2, 0) is 5.75 Å². The van der Waals surface area contributed by atoms with Gasteiger partial charge in [-0.3, -0.25) is 0 Å². The number of anilines is 1. The van der Waals surface area contributed by atoms with Gasteiger partial charge in [0.05, 0.1) is 16.7 Å². The van der Waals surface area contributed by atoms with E-state index in [9.17, 15) is 0 Å². The standard InChI is InChI=1S/C14H11ClN2S/c15-13-6-5-12(17)7-14(13)18-9-11-4-2-1-3-10(11)8-16/h1-7H,9,17H2. The molecule has 2 rings (SSSR count). The molecular weight excluding hydrogens is 264 g/mol. The summed E-state index contributed by atoms with van der Waals surface area (Å²) in [5.74, 6) is 0.701. The van der Waals surface area contributed by atoms with Crippen LogP contribution in [0.3, 0.4) is 0 Å². The molecule has 0 bridgehead atoms. The minimum atomic E-state index is 0.684. The van der Waals surface area contributed by atoms with Crippen LogP contribution in [0.25, 0.3) is 0 Å². The van der Waals surface area contributed by atoms with Gasteiger partial charge in [0.1, 0.15) is 0 Å². The molecule has 0 aliphatic carbocycles. The van der Waals surface area contributed by atoms with Crippen LogP contribution in [0.2, 0.25) is 5.02 Å². The molecule has 2 nitrogen and oxygen atoms in total. The molecule has 18 heavy (non-hydrogen) atoms. The molecule has 0 atom stereocenters. The van der Waals surface area contributed by atoms with E-state index in [1.54, 1.807) is 23.9 Å². The van der Waals surface area contributed by atoms with Crippen molar-refractivity contribution in [3.63, 3.8) is 0 Å². The quantitative estimate of drug-likeness (QED) is 0.677.